The van der Waals surface area contributed by atoms with Gasteiger partial charge in [0.2, 0.25) is 5.91 Å². The molecule has 0 aliphatic heterocycles. The zero-order valence-electron chi connectivity index (χ0n) is 12.1. The van der Waals surface area contributed by atoms with Crippen molar-refractivity contribution in [1.82, 2.24) is 4.98 Å². The average Bonchev–Trinajstić information content (AvgIpc) is 2.48. The van der Waals surface area contributed by atoms with Crippen LogP contribution in [0.3, 0.4) is 0 Å². The Labute approximate surface area is 129 Å². The number of nitrogens with zero attached hydrogens (tertiary/aromatic N) is 1. The van der Waals surface area contributed by atoms with E-state index in [4.69, 9.17) is 0 Å². The minimum Gasteiger partial charge on any atom is -0.310 e. The molecule has 1 saturated carbocycles. The molecular formula is C16H23BrN2O. The van der Waals surface area contributed by atoms with Crippen molar-refractivity contribution in [2.45, 2.75) is 51.9 Å². The Balaban J connectivity index is 1.78. The summed E-state index contributed by atoms with van der Waals surface area (Å²) >= 11 is 3.34. The van der Waals surface area contributed by atoms with Crippen molar-refractivity contribution >= 4 is 27.7 Å². The number of hydrogen-bond donors (Lipinski definition) is 1. The molecule has 0 saturated heterocycles. The van der Waals surface area contributed by atoms with Gasteiger partial charge in [0.15, 0.2) is 0 Å². The van der Waals surface area contributed by atoms with Gasteiger partial charge < -0.3 is 5.32 Å². The zero-order valence-corrected chi connectivity index (χ0v) is 13.7. The summed E-state index contributed by atoms with van der Waals surface area (Å²) in [5.41, 5.74) is 0. The number of unbranched alkanes of at least 4 members (excludes halogenated alkanes) is 1. The third kappa shape index (κ3) is 4.58. The minimum absolute atomic E-state index is 0.133. The number of halogens is 1. The van der Waals surface area contributed by atoms with Crippen molar-refractivity contribution in [3.63, 3.8) is 0 Å². The first-order chi connectivity index (χ1) is 9.69. The molecule has 2 rings (SSSR count). The molecule has 0 radical (unpaired) electrons. The van der Waals surface area contributed by atoms with Gasteiger partial charge in [-0.2, -0.15) is 0 Å². The highest BCUT2D eigenvalue weighted by Gasteiger charge is 2.26. The first kappa shape index (κ1) is 15.5. The van der Waals surface area contributed by atoms with E-state index in [-0.39, 0.29) is 11.8 Å². The van der Waals surface area contributed by atoms with E-state index in [1.807, 2.05) is 12.1 Å². The maximum Gasteiger partial charge on any atom is 0.228 e. The number of carbonyl (C=O) groups is 1. The van der Waals surface area contributed by atoms with Gasteiger partial charge in [-0.25, -0.2) is 4.98 Å². The monoisotopic (exact) mass is 338 g/mol. The molecule has 1 aliphatic carbocycles. The predicted molar refractivity (Wildman–Crippen MR) is 85.5 cm³/mol. The minimum atomic E-state index is 0.133. The number of hydrogen-bond acceptors (Lipinski definition) is 2. The third-order valence-electron chi connectivity index (χ3n) is 4.16. The number of anilines is 1. The van der Waals surface area contributed by atoms with Crippen LogP contribution in [0.1, 0.15) is 51.9 Å². The summed E-state index contributed by atoms with van der Waals surface area (Å²) in [6.07, 6.45) is 10.1. The van der Waals surface area contributed by atoms with Gasteiger partial charge in [-0.3, -0.25) is 4.79 Å². The summed E-state index contributed by atoms with van der Waals surface area (Å²) in [6.45, 7) is 2.24. The Kier molecular flexibility index (Phi) is 6.02. The van der Waals surface area contributed by atoms with Gasteiger partial charge in [-0.05, 0) is 59.7 Å². The van der Waals surface area contributed by atoms with Crippen LogP contribution < -0.4 is 5.32 Å². The molecule has 0 spiro atoms. The predicted octanol–water partition coefficient (Wildman–Crippen LogP) is 4.78. The van der Waals surface area contributed by atoms with Gasteiger partial charge in [-0.15, -0.1) is 0 Å². The fraction of sp³-hybridized carbons (Fsp3) is 0.625. The fourth-order valence-corrected chi connectivity index (χ4v) is 3.12. The van der Waals surface area contributed by atoms with Crippen LogP contribution in [0.5, 0.6) is 0 Å². The molecule has 3 nitrogen and oxygen atoms in total. The number of pyridine rings is 1. The molecule has 1 N–H and O–H groups in total. The fourth-order valence-electron chi connectivity index (χ4n) is 2.88. The lowest BCUT2D eigenvalue weighted by molar-refractivity contribution is -0.121. The van der Waals surface area contributed by atoms with Gasteiger partial charge in [0.1, 0.15) is 5.82 Å². The van der Waals surface area contributed by atoms with E-state index >= 15 is 0 Å². The average molecular weight is 339 g/mol. The molecule has 0 unspecified atom stereocenters. The second-order valence-corrected chi connectivity index (χ2v) is 6.63. The number of amides is 1. The van der Waals surface area contributed by atoms with E-state index in [2.05, 4.69) is 33.2 Å². The standard InChI is InChI=1S/C16H23BrN2O/c1-2-3-4-12-5-7-13(8-6-12)16(20)19-15-10-9-14(17)11-18-15/h9-13H,2-8H2,1H3,(H,18,19,20). The van der Waals surface area contributed by atoms with Crippen molar-refractivity contribution in [2.75, 3.05) is 5.32 Å². The Morgan fingerprint density at radius 2 is 2.10 bits per heavy atom. The number of rotatable bonds is 5. The van der Waals surface area contributed by atoms with Crippen LogP contribution in [0.4, 0.5) is 5.82 Å². The molecule has 0 atom stereocenters. The summed E-state index contributed by atoms with van der Waals surface area (Å²) in [7, 11) is 0. The smallest absolute Gasteiger partial charge is 0.228 e. The Morgan fingerprint density at radius 1 is 1.35 bits per heavy atom. The summed E-state index contributed by atoms with van der Waals surface area (Å²) in [5.74, 6) is 1.78. The lowest BCUT2D eigenvalue weighted by atomic mass is 9.79. The van der Waals surface area contributed by atoms with Crippen molar-refractivity contribution in [2.24, 2.45) is 11.8 Å². The van der Waals surface area contributed by atoms with Crippen LogP contribution >= 0.6 is 15.9 Å². The van der Waals surface area contributed by atoms with Crippen LogP contribution in [-0.4, -0.2) is 10.9 Å². The Morgan fingerprint density at radius 3 is 2.70 bits per heavy atom. The first-order valence-corrected chi connectivity index (χ1v) is 8.40. The lowest BCUT2D eigenvalue weighted by Gasteiger charge is -2.27. The molecule has 1 aromatic rings. The van der Waals surface area contributed by atoms with E-state index in [1.165, 1.54) is 32.1 Å². The van der Waals surface area contributed by atoms with E-state index in [0.717, 1.165) is 23.2 Å². The second kappa shape index (κ2) is 7.77. The molecule has 1 aliphatic rings. The Bertz CT molecular complexity index is 425. The highest BCUT2D eigenvalue weighted by Crippen LogP contribution is 2.32. The molecular weight excluding hydrogens is 316 g/mol. The summed E-state index contributed by atoms with van der Waals surface area (Å²) < 4.78 is 0.923. The van der Waals surface area contributed by atoms with Crippen LogP contribution in [-0.2, 0) is 4.79 Å². The maximum absolute atomic E-state index is 12.2. The molecule has 4 heteroatoms. The molecule has 1 aromatic heterocycles. The van der Waals surface area contributed by atoms with Crippen LogP contribution in [0, 0.1) is 11.8 Å². The van der Waals surface area contributed by atoms with Gasteiger partial charge in [0, 0.05) is 16.6 Å². The summed E-state index contributed by atoms with van der Waals surface area (Å²) in [5, 5.41) is 2.93. The SMILES string of the molecule is CCCCC1CCC(C(=O)Nc2ccc(Br)cn2)CC1. The maximum atomic E-state index is 12.2. The molecule has 110 valence electrons. The van der Waals surface area contributed by atoms with E-state index < -0.39 is 0 Å². The number of carbonyl (C=O) groups excluding carboxylic acids is 1. The summed E-state index contributed by atoms with van der Waals surface area (Å²) in [4.78, 5) is 16.4. The van der Waals surface area contributed by atoms with Crippen molar-refractivity contribution in [3.05, 3.63) is 22.8 Å². The molecule has 1 amide bonds. The second-order valence-electron chi connectivity index (χ2n) is 5.71. The summed E-state index contributed by atoms with van der Waals surface area (Å²) in [6, 6.07) is 3.72. The van der Waals surface area contributed by atoms with E-state index in [9.17, 15) is 4.79 Å². The van der Waals surface area contributed by atoms with Crippen LogP contribution in [0.25, 0.3) is 0 Å². The zero-order chi connectivity index (χ0) is 14.4. The topological polar surface area (TPSA) is 42.0 Å². The highest BCUT2D eigenvalue weighted by molar-refractivity contribution is 9.10. The largest absolute Gasteiger partial charge is 0.310 e. The Hall–Kier alpha value is -0.900. The van der Waals surface area contributed by atoms with E-state index in [0.29, 0.717) is 5.82 Å². The van der Waals surface area contributed by atoms with Crippen LogP contribution in [0.2, 0.25) is 0 Å². The van der Waals surface area contributed by atoms with Gasteiger partial charge in [0.05, 0.1) is 0 Å². The highest BCUT2D eigenvalue weighted by atomic mass is 79.9. The van der Waals surface area contributed by atoms with E-state index in [1.54, 1.807) is 6.20 Å². The molecule has 0 aromatic carbocycles. The molecule has 20 heavy (non-hydrogen) atoms. The van der Waals surface area contributed by atoms with Gasteiger partial charge in [-0.1, -0.05) is 26.2 Å². The molecule has 1 heterocycles. The van der Waals surface area contributed by atoms with Gasteiger partial charge in [0.25, 0.3) is 0 Å². The quantitative estimate of drug-likeness (QED) is 0.839. The van der Waals surface area contributed by atoms with Crippen molar-refractivity contribution < 1.29 is 4.79 Å². The number of nitrogens with one attached hydrogen (secondary N) is 1. The third-order valence-corrected chi connectivity index (χ3v) is 4.63. The van der Waals surface area contributed by atoms with Crippen LogP contribution in [0.15, 0.2) is 22.8 Å². The van der Waals surface area contributed by atoms with Gasteiger partial charge >= 0.3 is 0 Å². The van der Waals surface area contributed by atoms with Crippen molar-refractivity contribution in [3.8, 4) is 0 Å². The molecule has 1 fully saturated rings. The normalized spacial score (nSPS) is 22.5. The van der Waals surface area contributed by atoms with Crippen molar-refractivity contribution in [1.29, 1.82) is 0 Å². The number of aromatic nitrogens is 1. The first-order valence-electron chi connectivity index (χ1n) is 7.61. The lowest BCUT2D eigenvalue weighted by Crippen LogP contribution is -2.27. The molecule has 0 bridgehead atoms.